The van der Waals surface area contributed by atoms with Crippen molar-refractivity contribution in [3.05, 3.63) is 47.0 Å². The van der Waals surface area contributed by atoms with E-state index in [2.05, 4.69) is 21.0 Å². The predicted octanol–water partition coefficient (Wildman–Crippen LogP) is 2.56. The van der Waals surface area contributed by atoms with Crippen LogP contribution in [-0.2, 0) is 6.54 Å². The highest BCUT2D eigenvalue weighted by atomic mass is 19.1. The lowest BCUT2D eigenvalue weighted by Gasteiger charge is -2.15. The Bertz CT molecular complexity index is 826. The number of hydrogen-bond donors (Lipinski definition) is 3. The minimum Gasteiger partial charge on any atom is -0.382 e. The molecule has 1 atom stereocenters. The number of halogens is 1. The summed E-state index contributed by atoms with van der Waals surface area (Å²) >= 11 is 0. The van der Waals surface area contributed by atoms with Crippen LogP contribution in [0.25, 0.3) is 0 Å². The molecule has 1 aromatic heterocycles. The summed E-state index contributed by atoms with van der Waals surface area (Å²) in [7, 11) is 0. The number of carbonyl (C=O) groups is 1. The lowest BCUT2D eigenvalue weighted by Crippen LogP contribution is -2.40. The second-order valence-electron chi connectivity index (χ2n) is 6.55. The molecule has 7 nitrogen and oxygen atoms in total. The summed E-state index contributed by atoms with van der Waals surface area (Å²) < 4.78 is 15.4. The molecule has 0 saturated carbocycles. The topological polar surface area (TPSA) is 94.8 Å². The maximum atomic E-state index is 13.5. The van der Waals surface area contributed by atoms with Crippen molar-refractivity contribution < 1.29 is 9.18 Å². The Morgan fingerprint density at radius 3 is 2.78 bits per heavy atom. The summed E-state index contributed by atoms with van der Waals surface area (Å²) in [4.78, 5) is 11.9. The van der Waals surface area contributed by atoms with E-state index in [9.17, 15) is 9.18 Å². The molecule has 0 bridgehead atoms. The van der Waals surface area contributed by atoms with E-state index < -0.39 is 5.82 Å². The minimum absolute atomic E-state index is 0.0278. The van der Waals surface area contributed by atoms with Crippen LogP contribution in [0.5, 0.6) is 0 Å². The van der Waals surface area contributed by atoms with E-state index in [1.54, 1.807) is 6.07 Å². The van der Waals surface area contributed by atoms with Crippen LogP contribution in [-0.4, -0.2) is 35.4 Å². The number of anilines is 1. The first-order valence-electron chi connectivity index (χ1n) is 8.86. The maximum absolute atomic E-state index is 13.5. The number of urea groups is 1. The molecule has 8 heteroatoms. The highest BCUT2D eigenvalue weighted by molar-refractivity contribution is 5.73. The SMILES string of the molecule is Cc1cc(C)n(CC(C)CNC(=O)NCCNc2cccc(F)c2C#N)n1. The Hall–Kier alpha value is -3.08. The number of nitriles is 1. The van der Waals surface area contributed by atoms with Gasteiger partial charge in [0.1, 0.15) is 17.4 Å². The van der Waals surface area contributed by atoms with Crippen molar-refractivity contribution in [3.63, 3.8) is 0 Å². The summed E-state index contributed by atoms with van der Waals surface area (Å²) in [5, 5.41) is 21.9. The number of nitrogens with one attached hydrogen (secondary N) is 3. The van der Waals surface area contributed by atoms with Crippen LogP contribution in [0.1, 0.15) is 23.9 Å². The van der Waals surface area contributed by atoms with E-state index >= 15 is 0 Å². The summed E-state index contributed by atoms with van der Waals surface area (Å²) in [6.07, 6.45) is 0. The number of aromatic nitrogens is 2. The zero-order valence-corrected chi connectivity index (χ0v) is 15.8. The average molecular weight is 372 g/mol. The van der Waals surface area contributed by atoms with Crippen LogP contribution in [0.3, 0.4) is 0 Å². The Kier molecular flexibility index (Phi) is 7.17. The van der Waals surface area contributed by atoms with Crippen molar-refractivity contribution in [1.29, 1.82) is 5.26 Å². The highest BCUT2D eigenvalue weighted by Crippen LogP contribution is 2.17. The van der Waals surface area contributed by atoms with Crippen LogP contribution in [0.4, 0.5) is 14.9 Å². The van der Waals surface area contributed by atoms with E-state index in [4.69, 9.17) is 5.26 Å². The molecule has 0 aliphatic heterocycles. The predicted molar refractivity (Wildman–Crippen MR) is 102 cm³/mol. The van der Waals surface area contributed by atoms with Crippen LogP contribution in [0.2, 0.25) is 0 Å². The second kappa shape index (κ2) is 9.57. The molecule has 1 aromatic carbocycles. The van der Waals surface area contributed by atoms with Crippen molar-refractivity contribution in [2.75, 3.05) is 25.0 Å². The Labute approximate surface area is 158 Å². The molecule has 0 fully saturated rings. The average Bonchev–Trinajstić information content (AvgIpc) is 2.94. The van der Waals surface area contributed by atoms with Gasteiger partial charge in [-0.2, -0.15) is 10.4 Å². The molecule has 2 aromatic rings. The van der Waals surface area contributed by atoms with Gasteiger partial charge in [-0.25, -0.2) is 9.18 Å². The molecule has 144 valence electrons. The van der Waals surface area contributed by atoms with Gasteiger partial charge < -0.3 is 16.0 Å². The molecule has 0 aliphatic carbocycles. The number of nitrogens with zero attached hydrogens (tertiary/aromatic N) is 3. The molecule has 2 amide bonds. The molecule has 27 heavy (non-hydrogen) atoms. The molecular weight excluding hydrogens is 347 g/mol. The third kappa shape index (κ3) is 5.99. The van der Waals surface area contributed by atoms with Gasteiger partial charge in [0.25, 0.3) is 0 Å². The number of carbonyl (C=O) groups excluding carboxylic acids is 1. The van der Waals surface area contributed by atoms with Crippen LogP contribution >= 0.6 is 0 Å². The van der Waals surface area contributed by atoms with Gasteiger partial charge >= 0.3 is 6.03 Å². The first-order valence-corrected chi connectivity index (χ1v) is 8.86. The van der Waals surface area contributed by atoms with E-state index in [1.807, 2.05) is 37.6 Å². The lowest BCUT2D eigenvalue weighted by atomic mass is 10.2. The van der Waals surface area contributed by atoms with Gasteiger partial charge in [-0.05, 0) is 38.0 Å². The third-order valence-electron chi connectivity index (χ3n) is 4.05. The van der Waals surface area contributed by atoms with Gasteiger partial charge in [0, 0.05) is 31.9 Å². The first-order chi connectivity index (χ1) is 12.9. The Balaban J connectivity index is 1.67. The van der Waals surface area contributed by atoms with E-state index in [-0.39, 0.29) is 17.5 Å². The summed E-state index contributed by atoms with van der Waals surface area (Å²) in [6.45, 7) is 8.00. The van der Waals surface area contributed by atoms with Crippen LogP contribution in [0.15, 0.2) is 24.3 Å². The first kappa shape index (κ1) is 20.2. The Morgan fingerprint density at radius 1 is 1.33 bits per heavy atom. The third-order valence-corrected chi connectivity index (χ3v) is 4.05. The number of aryl methyl sites for hydroxylation is 2. The normalized spacial score (nSPS) is 11.5. The largest absolute Gasteiger partial charge is 0.382 e. The van der Waals surface area contributed by atoms with E-state index in [1.165, 1.54) is 12.1 Å². The molecule has 2 rings (SSSR count). The molecule has 0 saturated heterocycles. The molecule has 0 spiro atoms. The smallest absolute Gasteiger partial charge is 0.314 e. The van der Waals surface area contributed by atoms with Crippen LogP contribution < -0.4 is 16.0 Å². The zero-order chi connectivity index (χ0) is 19.8. The van der Waals surface area contributed by atoms with Gasteiger partial charge in [-0.3, -0.25) is 4.68 Å². The van der Waals surface area contributed by atoms with E-state index in [0.29, 0.717) is 25.3 Å². The van der Waals surface area contributed by atoms with Crippen LogP contribution in [0, 0.1) is 36.9 Å². The number of benzene rings is 1. The van der Waals surface area contributed by atoms with Gasteiger partial charge in [0.05, 0.1) is 11.4 Å². The lowest BCUT2D eigenvalue weighted by molar-refractivity contribution is 0.238. The van der Waals surface area contributed by atoms with Crippen molar-refractivity contribution in [3.8, 4) is 6.07 Å². The summed E-state index contributed by atoms with van der Waals surface area (Å²) in [6, 6.07) is 7.98. The molecule has 0 aliphatic rings. The van der Waals surface area contributed by atoms with Crippen molar-refractivity contribution >= 4 is 11.7 Å². The minimum atomic E-state index is -0.565. The van der Waals surface area contributed by atoms with Crippen molar-refractivity contribution in [2.45, 2.75) is 27.3 Å². The van der Waals surface area contributed by atoms with Gasteiger partial charge in [-0.15, -0.1) is 0 Å². The zero-order valence-electron chi connectivity index (χ0n) is 15.8. The molecular formula is C19H25FN6O. The van der Waals surface area contributed by atoms with Gasteiger partial charge in [0.15, 0.2) is 0 Å². The quantitative estimate of drug-likeness (QED) is 0.621. The molecule has 1 heterocycles. The fourth-order valence-corrected chi connectivity index (χ4v) is 2.71. The summed E-state index contributed by atoms with van der Waals surface area (Å²) in [5.41, 5.74) is 2.47. The molecule has 3 N–H and O–H groups in total. The monoisotopic (exact) mass is 372 g/mol. The second-order valence-corrected chi connectivity index (χ2v) is 6.55. The van der Waals surface area contributed by atoms with Gasteiger partial charge in [-0.1, -0.05) is 13.0 Å². The van der Waals surface area contributed by atoms with Crippen molar-refractivity contribution in [2.24, 2.45) is 5.92 Å². The fraction of sp³-hybridized carbons (Fsp3) is 0.421. The van der Waals surface area contributed by atoms with Crippen molar-refractivity contribution in [1.82, 2.24) is 20.4 Å². The summed E-state index contributed by atoms with van der Waals surface area (Å²) in [5.74, 6) is -0.331. The fourth-order valence-electron chi connectivity index (χ4n) is 2.71. The standard InChI is InChI=1S/C19H25FN6O/c1-13(12-26-15(3)9-14(2)25-26)11-24-19(27)23-8-7-22-18-6-4-5-17(20)16(18)10-21/h4-6,9,13,22H,7-8,11-12H2,1-3H3,(H2,23,24,27). The Morgan fingerprint density at radius 2 is 2.11 bits per heavy atom. The molecule has 1 unspecified atom stereocenters. The highest BCUT2D eigenvalue weighted by Gasteiger charge is 2.09. The maximum Gasteiger partial charge on any atom is 0.314 e. The number of amides is 2. The van der Waals surface area contributed by atoms with Gasteiger partial charge in [0.2, 0.25) is 0 Å². The number of rotatable bonds is 8. The number of hydrogen-bond acceptors (Lipinski definition) is 4. The molecule has 0 radical (unpaired) electrons. The van der Waals surface area contributed by atoms with E-state index in [0.717, 1.165) is 17.9 Å².